The minimum atomic E-state index is 0.257. The molecule has 2 aliphatic rings. The lowest BCUT2D eigenvalue weighted by atomic mass is 9.99. The summed E-state index contributed by atoms with van der Waals surface area (Å²) >= 11 is 1.74. The molecule has 1 aliphatic carbocycles. The molecule has 3 rings (SSSR count). The lowest BCUT2D eigenvalue weighted by molar-refractivity contribution is 0.0621. The second-order valence-electron chi connectivity index (χ2n) is 5.58. The highest BCUT2D eigenvalue weighted by Gasteiger charge is 2.30. The maximum atomic E-state index is 12.7. The monoisotopic (exact) mass is 278 g/mol. The lowest BCUT2D eigenvalue weighted by Gasteiger charge is -2.38. The third kappa shape index (κ3) is 2.56. The van der Waals surface area contributed by atoms with E-state index in [1.165, 1.54) is 29.7 Å². The molecule has 1 aromatic heterocycles. The van der Waals surface area contributed by atoms with Crippen molar-refractivity contribution in [1.29, 1.82) is 0 Å². The Kier molecular flexibility index (Phi) is 3.89. The van der Waals surface area contributed by atoms with E-state index in [0.717, 1.165) is 37.4 Å². The van der Waals surface area contributed by atoms with Crippen molar-refractivity contribution in [2.24, 2.45) is 0 Å². The van der Waals surface area contributed by atoms with Gasteiger partial charge in [-0.1, -0.05) is 6.92 Å². The van der Waals surface area contributed by atoms with Gasteiger partial charge >= 0.3 is 0 Å². The van der Waals surface area contributed by atoms with Crippen molar-refractivity contribution in [3.05, 3.63) is 21.4 Å². The molecule has 1 aromatic rings. The van der Waals surface area contributed by atoms with Crippen molar-refractivity contribution in [3.8, 4) is 0 Å². The summed E-state index contributed by atoms with van der Waals surface area (Å²) < 4.78 is 0. The normalized spacial score (nSPS) is 18.8. The van der Waals surface area contributed by atoms with E-state index in [4.69, 9.17) is 0 Å². The number of nitrogens with one attached hydrogen (secondary N) is 1. The predicted octanol–water partition coefficient (Wildman–Crippen LogP) is 2.45. The van der Waals surface area contributed by atoms with Gasteiger partial charge in [-0.15, -0.1) is 11.3 Å². The molecule has 0 saturated carbocycles. The van der Waals surface area contributed by atoms with Crippen LogP contribution in [0, 0.1) is 0 Å². The number of hydrogen-bond acceptors (Lipinski definition) is 3. The molecule has 0 bridgehead atoms. The first-order valence-electron chi connectivity index (χ1n) is 7.43. The van der Waals surface area contributed by atoms with E-state index in [1.54, 1.807) is 11.3 Å². The fourth-order valence-electron chi connectivity index (χ4n) is 2.92. The van der Waals surface area contributed by atoms with Crippen molar-refractivity contribution < 1.29 is 4.79 Å². The fourth-order valence-corrected chi connectivity index (χ4v) is 4.13. The molecule has 104 valence electrons. The molecule has 0 atom stereocenters. The van der Waals surface area contributed by atoms with Gasteiger partial charge in [0.2, 0.25) is 0 Å². The maximum Gasteiger partial charge on any atom is 0.264 e. The van der Waals surface area contributed by atoms with Gasteiger partial charge in [0.25, 0.3) is 5.91 Å². The summed E-state index contributed by atoms with van der Waals surface area (Å²) in [6.07, 6.45) is 5.94. The highest BCUT2D eigenvalue weighted by molar-refractivity contribution is 7.14. The van der Waals surface area contributed by atoms with E-state index in [9.17, 15) is 4.79 Å². The number of nitrogens with zero attached hydrogens (tertiary/aromatic N) is 1. The average molecular weight is 278 g/mol. The largest absolute Gasteiger partial charge is 0.332 e. The Hall–Kier alpha value is -0.870. The second kappa shape index (κ2) is 5.63. The van der Waals surface area contributed by atoms with E-state index in [0.29, 0.717) is 6.04 Å². The van der Waals surface area contributed by atoms with Gasteiger partial charge < -0.3 is 10.2 Å². The van der Waals surface area contributed by atoms with Crippen LogP contribution in [0.3, 0.4) is 0 Å². The topological polar surface area (TPSA) is 32.3 Å². The highest BCUT2D eigenvalue weighted by atomic mass is 32.1. The smallest absolute Gasteiger partial charge is 0.264 e. The molecule has 1 saturated heterocycles. The van der Waals surface area contributed by atoms with Crippen LogP contribution in [0.4, 0.5) is 0 Å². The SMILES string of the molecule is CCCN(C(=O)c1cc2c(s1)CCCC2)C1CNC1. The Morgan fingerprint density at radius 1 is 1.42 bits per heavy atom. The molecule has 1 amide bonds. The maximum absolute atomic E-state index is 12.7. The number of aryl methyl sites for hydroxylation is 2. The Balaban J connectivity index is 1.78. The van der Waals surface area contributed by atoms with Gasteiger partial charge in [0.05, 0.1) is 10.9 Å². The molecule has 19 heavy (non-hydrogen) atoms. The first-order chi connectivity index (χ1) is 9.29. The summed E-state index contributed by atoms with van der Waals surface area (Å²) in [4.78, 5) is 17.2. The Labute approximate surface area is 119 Å². The third-order valence-corrected chi connectivity index (χ3v) is 5.36. The van der Waals surface area contributed by atoms with E-state index in [-0.39, 0.29) is 5.91 Å². The van der Waals surface area contributed by atoms with Crippen LogP contribution < -0.4 is 5.32 Å². The zero-order valence-electron chi connectivity index (χ0n) is 11.6. The first kappa shape index (κ1) is 13.1. The van der Waals surface area contributed by atoms with Crippen LogP contribution in [0.1, 0.15) is 46.3 Å². The molecule has 1 aliphatic heterocycles. The highest BCUT2D eigenvalue weighted by Crippen LogP contribution is 2.30. The Morgan fingerprint density at radius 3 is 2.84 bits per heavy atom. The minimum absolute atomic E-state index is 0.257. The lowest BCUT2D eigenvalue weighted by Crippen LogP contribution is -2.58. The third-order valence-electron chi connectivity index (χ3n) is 4.13. The van der Waals surface area contributed by atoms with Gasteiger partial charge in [-0.2, -0.15) is 0 Å². The second-order valence-corrected chi connectivity index (χ2v) is 6.71. The molecule has 1 N–H and O–H groups in total. The standard InChI is InChI=1S/C15H22N2OS/c1-2-7-17(12-9-16-10-12)15(18)14-8-11-5-3-4-6-13(11)19-14/h8,12,16H,2-7,9-10H2,1H3. The molecular formula is C15H22N2OS. The number of carbonyl (C=O) groups is 1. The quantitative estimate of drug-likeness (QED) is 0.917. The number of thiophene rings is 1. The van der Waals surface area contributed by atoms with Crippen LogP contribution in [0.25, 0.3) is 0 Å². The molecule has 3 nitrogen and oxygen atoms in total. The number of fused-ring (bicyclic) bond motifs is 1. The van der Waals surface area contributed by atoms with E-state index in [2.05, 4.69) is 23.2 Å². The van der Waals surface area contributed by atoms with Crippen LogP contribution in [-0.4, -0.2) is 36.5 Å². The molecule has 1 fully saturated rings. The van der Waals surface area contributed by atoms with Crippen LogP contribution in [0.2, 0.25) is 0 Å². The van der Waals surface area contributed by atoms with Crippen LogP contribution in [0.5, 0.6) is 0 Å². The predicted molar refractivity (Wildman–Crippen MR) is 78.9 cm³/mol. The molecule has 4 heteroatoms. The van der Waals surface area contributed by atoms with Crippen molar-refractivity contribution in [2.45, 2.75) is 45.1 Å². The number of amides is 1. The summed E-state index contributed by atoms with van der Waals surface area (Å²) in [5.74, 6) is 0.257. The minimum Gasteiger partial charge on any atom is -0.332 e. The number of carbonyl (C=O) groups excluding carboxylic acids is 1. The molecule has 0 spiro atoms. The van der Waals surface area contributed by atoms with Gasteiger partial charge in [0.1, 0.15) is 0 Å². The summed E-state index contributed by atoms with van der Waals surface area (Å²) in [6, 6.07) is 2.57. The molecule has 0 aromatic carbocycles. The summed E-state index contributed by atoms with van der Waals surface area (Å²) in [6.45, 7) is 4.94. The number of hydrogen-bond donors (Lipinski definition) is 1. The number of rotatable bonds is 4. The van der Waals surface area contributed by atoms with Crippen molar-refractivity contribution in [3.63, 3.8) is 0 Å². The van der Waals surface area contributed by atoms with E-state index >= 15 is 0 Å². The molecule has 2 heterocycles. The Bertz CT molecular complexity index is 441. The molecule has 0 radical (unpaired) electrons. The van der Waals surface area contributed by atoms with Crippen LogP contribution in [-0.2, 0) is 12.8 Å². The van der Waals surface area contributed by atoms with Gasteiger partial charge in [0.15, 0.2) is 0 Å². The van der Waals surface area contributed by atoms with Crippen molar-refractivity contribution in [1.82, 2.24) is 10.2 Å². The van der Waals surface area contributed by atoms with Crippen LogP contribution in [0.15, 0.2) is 6.07 Å². The molecular weight excluding hydrogens is 256 g/mol. The zero-order chi connectivity index (χ0) is 13.2. The first-order valence-corrected chi connectivity index (χ1v) is 8.24. The summed E-state index contributed by atoms with van der Waals surface area (Å²) in [5, 5.41) is 3.26. The van der Waals surface area contributed by atoms with Crippen molar-refractivity contribution in [2.75, 3.05) is 19.6 Å². The van der Waals surface area contributed by atoms with Crippen molar-refractivity contribution >= 4 is 17.2 Å². The fraction of sp³-hybridized carbons (Fsp3) is 0.667. The van der Waals surface area contributed by atoms with Gasteiger partial charge in [-0.05, 0) is 43.7 Å². The Morgan fingerprint density at radius 2 is 2.21 bits per heavy atom. The molecule has 0 unspecified atom stereocenters. The summed E-state index contributed by atoms with van der Waals surface area (Å²) in [7, 11) is 0. The van der Waals surface area contributed by atoms with E-state index < -0.39 is 0 Å². The summed E-state index contributed by atoms with van der Waals surface area (Å²) in [5.41, 5.74) is 1.43. The van der Waals surface area contributed by atoms with Gasteiger partial charge in [0, 0.05) is 24.5 Å². The van der Waals surface area contributed by atoms with E-state index in [1.807, 2.05) is 0 Å². The van der Waals surface area contributed by atoms with Gasteiger partial charge in [-0.25, -0.2) is 0 Å². The average Bonchev–Trinajstić information content (AvgIpc) is 2.79. The zero-order valence-corrected chi connectivity index (χ0v) is 12.4. The van der Waals surface area contributed by atoms with Crippen LogP contribution >= 0.6 is 11.3 Å². The van der Waals surface area contributed by atoms with Gasteiger partial charge in [-0.3, -0.25) is 4.79 Å².